The zero-order chi connectivity index (χ0) is 23.8. The Kier molecular flexibility index (Phi) is 5.67. The van der Waals surface area contributed by atoms with E-state index in [9.17, 15) is 9.65 Å². The lowest BCUT2D eigenvalue weighted by molar-refractivity contribution is 0.174. The average Bonchev–Trinajstić information content (AvgIpc) is 3.29. The first-order chi connectivity index (χ1) is 16.5. The number of methoxy groups -OCH3 is 1. The number of nitrogens with zero attached hydrogens (tertiary/aromatic N) is 1. The van der Waals surface area contributed by atoms with E-state index in [0.29, 0.717) is 38.8 Å². The summed E-state index contributed by atoms with van der Waals surface area (Å²) in [5, 5.41) is 9.89. The van der Waals surface area contributed by atoms with Crippen LogP contribution in [0, 0.1) is 17.1 Å². The fourth-order valence-corrected chi connectivity index (χ4v) is 4.50. The highest BCUT2D eigenvalue weighted by Gasteiger charge is 2.35. The number of nitrogens with two attached hydrogens (primary N) is 1. The standard InChI is InChI=1S/C25H18BrFN2O5/c1-30-20-6-15(18(26)8-22(20)31-11-13-2-4-14(27)5-3-13)24-16-7-21-23(33-12-32-21)9-19(16)34-25(29)17(24)10-28/h2-9,24H,11-12,29H2,1H3/t24-/m1/s1. The van der Waals surface area contributed by atoms with Gasteiger partial charge in [0.25, 0.3) is 0 Å². The van der Waals surface area contributed by atoms with E-state index in [0.717, 1.165) is 11.1 Å². The fraction of sp³-hybridized carbons (Fsp3) is 0.160. The van der Waals surface area contributed by atoms with E-state index < -0.39 is 5.92 Å². The third-order valence-electron chi connectivity index (χ3n) is 5.61. The average molecular weight is 525 g/mol. The Hall–Kier alpha value is -3.90. The van der Waals surface area contributed by atoms with Gasteiger partial charge in [0.2, 0.25) is 12.7 Å². The number of fused-ring (bicyclic) bond motifs is 2. The lowest BCUT2D eigenvalue weighted by atomic mass is 9.83. The Morgan fingerprint density at radius 1 is 1.06 bits per heavy atom. The van der Waals surface area contributed by atoms with Crippen LogP contribution in [0.25, 0.3) is 0 Å². The molecule has 7 nitrogen and oxygen atoms in total. The van der Waals surface area contributed by atoms with Crippen LogP contribution in [0.3, 0.4) is 0 Å². The van der Waals surface area contributed by atoms with E-state index in [1.165, 1.54) is 19.2 Å². The first-order valence-corrected chi connectivity index (χ1v) is 11.0. The molecule has 5 rings (SSSR count). The van der Waals surface area contributed by atoms with E-state index in [1.54, 1.807) is 36.4 Å². The van der Waals surface area contributed by atoms with Crippen molar-refractivity contribution >= 4 is 15.9 Å². The first kappa shape index (κ1) is 21.9. The van der Waals surface area contributed by atoms with E-state index in [4.69, 9.17) is 29.4 Å². The molecule has 2 heterocycles. The number of halogens is 2. The van der Waals surface area contributed by atoms with Crippen molar-refractivity contribution < 1.29 is 28.1 Å². The minimum Gasteiger partial charge on any atom is -0.493 e. The summed E-state index contributed by atoms with van der Waals surface area (Å²) in [6.45, 7) is 0.330. The zero-order valence-electron chi connectivity index (χ0n) is 17.9. The van der Waals surface area contributed by atoms with Gasteiger partial charge in [-0.3, -0.25) is 0 Å². The summed E-state index contributed by atoms with van der Waals surface area (Å²) in [5.74, 6) is 1.70. The Morgan fingerprint density at radius 3 is 2.50 bits per heavy atom. The molecular formula is C25H18BrFN2O5. The molecule has 0 aliphatic carbocycles. The molecule has 2 N–H and O–H groups in total. The van der Waals surface area contributed by atoms with Crippen molar-refractivity contribution in [3.05, 3.63) is 87.0 Å². The van der Waals surface area contributed by atoms with Crippen LogP contribution < -0.4 is 29.4 Å². The summed E-state index contributed by atoms with van der Waals surface area (Å²) < 4.78 is 42.1. The van der Waals surface area contributed by atoms with Crippen molar-refractivity contribution in [3.63, 3.8) is 0 Å². The molecule has 0 radical (unpaired) electrons. The van der Waals surface area contributed by atoms with Crippen LogP contribution in [0.4, 0.5) is 4.39 Å². The van der Waals surface area contributed by atoms with Crippen LogP contribution >= 0.6 is 15.9 Å². The van der Waals surface area contributed by atoms with Gasteiger partial charge in [-0.25, -0.2) is 4.39 Å². The normalized spacial score (nSPS) is 15.9. The lowest BCUT2D eigenvalue weighted by Gasteiger charge is -2.28. The Balaban J connectivity index is 1.55. The maximum absolute atomic E-state index is 13.2. The molecule has 0 aromatic heterocycles. The van der Waals surface area contributed by atoms with Crippen molar-refractivity contribution in [1.29, 1.82) is 5.26 Å². The van der Waals surface area contributed by atoms with Crippen LogP contribution in [-0.2, 0) is 6.61 Å². The number of ether oxygens (including phenoxy) is 5. The molecule has 0 fully saturated rings. The molecule has 2 aliphatic heterocycles. The summed E-state index contributed by atoms with van der Waals surface area (Å²) in [4.78, 5) is 0. The molecular weight excluding hydrogens is 507 g/mol. The maximum Gasteiger partial charge on any atom is 0.231 e. The second-order valence-electron chi connectivity index (χ2n) is 7.61. The molecule has 2 aliphatic rings. The van der Waals surface area contributed by atoms with Gasteiger partial charge in [0.05, 0.1) is 13.0 Å². The Labute approximate surface area is 203 Å². The van der Waals surface area contributed by atoms with Gasteiger partial charge >= 0.3 is 0 Å². The molecule has 0 bridgehead atoms. The minimum atomic E-state index is -0.544. The van der Waals surface area contributed by atoms with Gasteiger partial charge in [-0.2, -0.15) is 5.26 Å². The molecule has 0 unspecified atom stereocenters. The van der Waals surface area contributed by atoms with Crippen LogP contribution in [0.5, 0.6) is 28.7 Å². The molecule has 34 heavy (non-hydrogen) atoms. The number of rotatable bonds is 5. The molecule has 0 spiro atoms. The Morgan fingerprint density at radius 2 is 1.79 bits per heavy atom. The largest absolute Gasteiger partial charge is 0.493 e. The summed E-state index contributed by atoms with van der Waals surface area (Å²) in [6, 6.07) is 15.3. The van der Waals surface area contributed by atoms with E-state index in [1.807, 2.05) is 0 Å². The monoisotopic (exact) mass is 524 g/mol. The predicted octanol–water partition coefficient (Wildman–Crippen LogP) is 5.12. The molecule has 3 aromatic rings. The summed E-state index contributed by atoms with van der Waals surface area (Å²) in [6.07, 6.45) is 0. The van der Waals surface area contributed by atoms with E-state index in [-0.39, 0.29) is 30.7 Å². The third-order valence-corrected chi connectivity index (χ3v) is 6.30. The maximum atomic E-state index is 13.2. The minimum absolute atomic E-state index is 0.0152. The van der Waals surface area contributed by atoms with Crippen LogP contribution in [0.1, 0.15) is 22.6 Å². The summed E-state index contributed by atoms with van der Waals surface area (Å²) in [7, 11) is 1.53. The van der Waals surface area contributed by atoms with Crippen molar-refractivity contribution in [1.82, 2.24) is 0 Å². The predicted molar refractivity (Wildman–Crippen MR) is 123 cm³/mol. The molecule has 0 amide bonds. The first-order valence-electron chi connectivity index (χ1n) is 10.2. The molecule has 0 saturated heterocycles. The van der Waals surface area contributed by atoms with Crippen molar-refractivity contribution in [3.8, 4) is 34.8 Å². The topological polar surface area (TPSA) is 96.0 Å². The van der Waals surface area contributed by atoms with Crippen LogP contribution in [0.15, 0.2) is 64.5 Å². The number of allylic oxidation sites excluding steroid dienone is 1. The number of benzene rings is 3. The van der Waals surface area contributed by atoms with Gasteiger partial charge < -0.3 is 29.4 Å². The number of nitriles is 1. The molecule has 1 atom stereocenters. The number of hydrogen-bond donors (Lipinski definition) is 1. The quantitative estimate of drug-likeness (QED) is 0.494. The molecule has 0 saturated carbocycles. The number of hydrogen-bond acceptors (Lipinski definition) is 7. The van der Waals surface area contributed by atoms with Crippen LogP contribution in [-0.4, -0.2) is 13.9 Å². The second-order valence-corrected chi connectivity index (χ2v) is 8.46. The molecule has 9 heteroatoms. The summed E-state index contributed by atoms with van der Waals surface area (Å²) in [5.41, 5.74) is 8.62. The van der Waals surface area contributed by atoms with E-state index >= 15 is 0 Å². The molecule has 3 aromatic carbocycles. The highest BCUT2D eigenvalue weighted by Crippen LogP contribution is 2.50. The van der Waals surface area contributed by atoms with Crippen LogP contribution in [0.2, 0.25) is 0 Å². The van der Waals surface area contributed by atoms with Gasteiger partial charge in [0, 0.05) is 16.1 Å². The highest BCUT2D eigenvalue weighted by molar-refractivity contribution is 9.10. The zero-order valence-corrected chi connectivity index (χ0v) is 19.5. The van der Waals surface area contributed by atoms with Crippen molar-refractivity contribution in [2.24, 2.45) is 5.73 Å². The van der Waals surface area contributed by atoms with E-state index in [2.05, 4.69) is 22.0 Å². The SMILES string of the molecule is COc1cc([C@H]2C(C#N)=C(N)Oc3cc4c(cc32)OCO4)c(Br)cc1OCc1ccc(F)cc1. The smallest absolute Gasteiger partial charge is 0.231 e. The van der Waals surface area contributed by atoms with Gasteiger partial charge in [-0.1, -0.05) is 28.1 Å². The fourth-order valence-electron chi connectivity index (χ4n) is 3.95. The Bertz CT molecular complexity index is 1350. The van der Waals surface area contributed by atoms with Crippen molar-refractivity contribution in [2.75, 3.05) is 13.9 Å². The second kappa shape index (κ2) is 8.80. The van der Waals surface area contributed by atoms with Crippen molar-refractivity contribution in [2.45, 2.75) is 12.5 Å². The third kappa shape index (κ3) is 3.86. The van der Waals surface area contributed by atoms with Gasteiger partial charge in [0.15, 0.2) is 23.0 Å². The van der Waals surface area contributed by atoms with Gasteiger partial charge in [-0.05, 0) is 41.5 Å². The molecule has 172 valence electrons. The highest BCUT2D eigenvalue weighted by atomic mass is 79.9. The van der Waals surface area contributed by atoms with Gasteiger partial charge in [-0.15, -0.1) is 0 Å². The lowest BCUT2D eigenvalue weighted by Crippen LogP contribution is -2.21. The van der Waals surface area contributed by atoms with Gasteiger partial charge in [0.1, 0.15) is 29.8 Å². The summed E-state index contributed by atoms with van der Waals surface area (Å²) >= 11 is 3.62.